The van der Waals surface area contributed by atoms with E-state index in [0.717, 1.165) is 31.5 Å². The highest BCUT2D eigenvalue weighted by atomic mass is 16.2. The van der Waals surface area contributed by atoms with Crippen LogP contribution in [0.3, 0.4) is 0 Å². The predicted molar refractivity (Wildman–Crippen MR) is 119 cm³/mol. The third-order valence-corrected chi connectivity index (χ3v) is 4.85. The van der Waals surface area contributed by atoms with Gasteiger partial charge in [-0.05, 0) is 50.6 Å². The van der Waals surface area contributed by atoms with Crippen molar-refractivity contribution >= 4 is 18.0 Å². The highest BCUT2D eigenvalue weighted by Crippen LogP contribution is 2.09. The van der Waals surface area contributed by atoms with E-state index in [2.05, 4.69) is 25.7 Å². The van der Waals surface area contributed by atoms with Crippen LogP contribution in [-0.4, -0.2) is 53.6 Å². The molecule has 1 atom stereocenters. The first-order valence-corrected chi connectivity index (χ1v) is 10.5. The molecule has 2 rings (SSSR count). The number of benzene rings is 1. The number of rotatable bonds is 12. The first kappa shape index (κ1) is 23.2. The van der Waals surface area contributed by atoms with Gasteiger partial charge in [-0.1, -0.05) is 38.1 Å². The fraction of sp³-hybridized carbons (Fsp3) is 0.391. The lowest BCUT2D eigenvalue weighted by molar-refractivity contribution is -0.126. The summed E-state index contributed by atoms with van der Waals surface area (Å²) in [5, 5.41) is 7.00. The number of amides is 2. The molecule has 0 radical (unpaired) electrons. The zero-order valence-electron chi connectivity index (χ0n) is 17.8. The molecule has 1 heterocycles. The topological polar surface area (TPSA) is 86.7 Å². The van der Waals surface area contributed by atoms with Gasteiger partial charge in [0.05, 0.1) is 12.3 Å². The van der Waals surface area contributed by atoms with Crippen LogP contribution >= 0.6 is 0 Å². The Balaban J connectivity index is 1.80. The Hall–Kier alpha value is -3.06. The Bertz CT molecular complexity index is 792. The molecule has 30 heavy (non-hydrogen) atoms. The van der Waals surface area contributed by atoms with Gasteiger partial charge in [-0.3, -0.25) is 19.5 Å². The van der Waals surface area contributed by atoms with E-state index < -0.39 is 0 Å². The summed E-state index contributed by atoms with van der Waals surface area (Å²) in [6.45, 7) is 6.24. The van der Waals surface area contributed by atoms with Crippen molar-refractivity contribution in [3.8, 4) is 0 Å². The van der Waals surface area contributed by atoms with Crippen LogP contribution in [-0.2, 0) is 4.79 Å². The molecule has 0 saturated carbocycles. The van der Waals surface area contributed by atoms with Crippen molar-refractivity contribution in [3.63, 3.8) is 0 Å². The number of nitrogens with one attached hydrogen (secondary N) is 2. The SMILES string of the molecule is CCN(CC)C(CCCCNC(=O)c1ccccc1)C(=O)NN=Cc1cccnc1. The second-order valence-corrected chi connectivity index (χ2v) is 6.88. The van der Waals surface area contributed by atoms with Crippen LogP contribution in [0.1, 0.15) is 49.0 Å². The van der Waals surface area contributed by atoms with E-state index in [1.165, 1.54) is 0 Å². The van der Waals surface area contributed by atoms with E-state index in [1.54, 1.807) is 30.7 Å². The number of aromatic nitrogens is 1. The maximum atomic E-state index is 12.7. The van der Waals surface area contributed by atoms with Crippen molar-refractivity contribution in [2.75, 3.05) is 19.6 Å². The average Bonchev–Trinajstić information content (AvgIpc) is 2.79. The highest BCUT2D eigenvalue weighted by Gasteiger charge is 2.23. The van der Waals surface area contributed by atoms with Gasteiger partial charge >= 0.3 is 0 Å². The van der Waals surface area contributed by atoms with E-state index in [1.807, 2.05) is 44.2 Å². The van der Waals surface area contributed by atoms with Crippen molar-refractivity contribution in [2.45, 2.75) is 39.2 Å². The van der Waals surface area contributed by atoms with Gasteiger partial charge in [0.25, 0.3) is 11.8 Å². The van der Waals surface area contributed by atoms with E-state index in [-0.39, 0.29) is 17.9 Å². The second-order valence-electron chi connectivity index (χ2n) is 6.88. The number of hydrogen-bond donors (Lipinski definition) is 2. The summed E-state index contributed by atoms with van der Waals surface area (Å²) in [6.07, 6.45) is 7.30. The van der Waals surface area contributed by atoms with Crippen molar-refractivity contribution in [1.82, 2.24) is 20.6 Å². The number of hydrazone groups is 1. The third-order valence-electron chi connectivity index (χ3n) is 4.85. The lowest BCUT2D eigenvalue weighted by Gasteiger charge is -2.28. The molecule has 2 N–H and O–H groups in total. The molecule has 0 aliphatic carbocycles. The molecule has 1 aromatic carbocycles. The standard InChI is InChI=1S/C23H31N5O2/c1-3-28(4-2)21(23(30)27-26-18-19-11-10-15-24-17-19)14-8-9-16-25-22(29)20-12-6-5-7-13-20/h5-7,10-13,15,17-18,21H,3-4,8-9,14,16H2,1-2H3,(H,25,29)(H,27,30). The molecule has 0 fully saturated rings. The van der Waals surface area contributed by atoms with Crippen LogP contribution in [0.15, 0.2) is 60.0 Å². The molecule has 2 amide bonds. The molecule has 7 heteroatoms. The predicted octanol–water partition coefficient (Wildman–Crippen LogP) is 2.84. The molecular weight excluding hydrogens is 378 g/mol. The Morgan fingerprint density at radius 3 is 2.53 bits per heavy atom. The van der Waals surface area contributed by atoms with E-state index in [0.29, 0.717) is 18.5 Å². The van der Waals surface area contributed by atoms with Gasteiger partial charge in [-0.2, -0.15) is 5.10 Å². The van der Waals surface area contributed by atoms with Gasteiger partial charge in [-0.15, -0.1) is 0 Å². The number of likely N-dealkylation sites (N-methyl/N-ethyl adjacent to an activating group) is 1. The van der Waals surface area contributed by atoms with Crippen molar-refractivity contribution < 1.29 is 9.59 Å². The summed E-state index contributed by atoms with van der Waals surface area (Å²) in [5.41, 5.74) is 4.13. The second kappa shape index (κ2) is 13.2. The molecular formula is C23H31N5O2. The summed E-state index contributed by atoms with van der Waals surface area (Å²) in [4.78, 5) is 30.9. The molecule has 1 aromatic heterocycles. The van der Waals surface area contributed by atoms with Gasteiger partial charge in [0.15, 0.2) is 0 Å². The minimum absolute atomic E-state index is 0.0709. The fourth-order valence-corrected chi connectivity index (χ4v) is 3.20. The molecule has 2 aromatic rings. The number of carbonyl (C=O) groups is 2. The Kier molecular flexibility index (Phi) is 10.2. The van der Waals surface area contributed by atoms with Gasteiger partial charge in [0, 0.05) is 30.1 Å². The van der Waals surface area contributed by atoms with Gasteiger partial charge < -0.3 is 5.32 Å². The number of pyridine rings is 1. The zero-order valence-corrected chi connectivity index (χ0v) is 17.8. The molecule has 7 nitrogen and oxygen atoms in total. The van der Waals surface area contributed by atoms with Crippen LogP contribution in [0.5, 0.6) is 0 Å². The molecule has 0 saturated heterocycles. The number of hydrogen-bond acceptors (Lipinski definition) is 5. The molecule has 0 aliphatic heterocycles. The highest BCUT2D eigenvalue weighted by molar-refractivity contribution is 5.94. The third kappa shape index (κ3) is 7.75. The minimum Gasteiger partial charge on any atom is -0.352 e. The normalized spacial score (nSPS) is 12.1. The molecule has 1 unspecified atom stereocenters. The first-order valence-electron chi connectivity index (χ1n) is 10.5. The fourth-order valence-electron chi connectivity index (χ4n) is 3.20. The van der Waals surface area contributed by atoms with E-state index >= 15 is 0 Å². The zero-order chi connectivity index (χ0) is 21.6. The lowest BCUT2D eigenvalue weighted by atomic mass is 10.1. The van der Waals surface area contributed by atoms with Crippen LogP contribution in [0.25, 0.3) is 0 Å². The van der Waals surface area contributed by atoms with E-state index in [4.69, 9.17) is 0 Å². The summed E-state index contributed by atoms with van der Waals surface area (Å²) in [6, 6.07) is 12.6. The summed E-state index contributed by atoms with van der Waals surface area (Å²) < 4.78 is 0. The molecule has 0 aliphatic rings. The van der Waals surface area contributed by atoms with E-state index in [9.17, 15) is 9.59 Å². The van der Waals surface area contributed by atoms with Crippen molar-refractivity contribution in [3.05, 3.63) is 66.0 Å². The van der Waals surface area contributed by atoms with Gasteiger partial charge in [0.1, 0.15) is 0 Å². The quantitative estimate of drug-likeness (QED) is 0.321. The monoisotopic (exact) mass is 409 g/mol. The number of nitrogens with zero attached hydrogens (tertiary/aromatic N) is 3. The molecule has 0 bridgehead atoms. The summed E-state index contributed by atoms with van der Waals surface area (Å²) in [5.74, 6) is -0.189. The smallest absolute Gasteiger partial charge is 0.257 e. The maximum absolute atomic E-state index is 12.7. The summed E-state index contributed by atoms with van der Waals surface area (Å²) in [7, 11) is 0. The van der Waals surface area contributed by atoms with Crippen LogP contribution in [0.4, 0.5) is 0 Å². The lowest BCUT2D eigenvalue weighted by Crippen LogP contribution is -2.45. The maximum Gasteiger partial charge on any atom is 0.257 e. The first-order chi connectivity index (χ1) is 14.7. The minimum atomic E-state index is -0.254. The Labute approximate surface area is 178 Å². The van der Waals surface area contributed by atoms with Crippen LogP contribution in [0.2, 0.25) is 0 Å². The Morgan fingerprint density at radius 1 is 1.10 bits per heavy atom. The molecule has 0 spiro atoms. The molecule has 160 valence electrons. The number of carbonyl (C=O) groups excluding carboxylic acids is 2. The van der Waals surface area contributed by atoms with Gasteiger partial charge in [0.2, 0.25) is 0 Å². The largest absolute Gasteiger partial charge is 0.352 e. The van der Waals surface area contributed by atoms with Crippen LogP contribution in [0, 0.1) is 0 Å². The van der Waals surface area contributed by atoms with Crippen molar-refractivity contribution in [1.29, 1.82) is 0 Å². The number of unbranched alkanes of at least 4 members (excludes halogenated alkanes) is 1. The van der Waals surface area contributed by atoms with Crippen molar-refractivity contribution in [2.24, 2.45) is 5.10 Å². The Morgan fingerprint density at radius 2 is 1.87 bits per heavy atom. The van der Waals surface area contributed by atoms with Gasteiger partial charge in [-0.25, -0.2) is 5.43 Å². The van der Waals surface area contributed by atoms with Crippen LogP contribution < -0.4 is 10.7 Å². The summed E-state index contributed by atoms with van der Waals surface area (Å²) >= 11 is 0. The average molecular weight is 410 g/mol.